The van der Waals surface area contributed by atoms with Gasteiger partial charge in [-0.2, -0.15) is 17.6 Å². The van der Waals surface area contributed by atoms with Gasteiger partial charge in [-0.15, -0.1) is 0 Å². The van der Waals surface area contributed by atoms with Crippen LogP contribution in [0.15, 0.2) is 29.2 Å². The Labute approximate surface area is 146 Å². The molecule has 1 aromatic heterocycles. The minimum atomic E-state index is -4.02. The molecule has 8 nitrogen and oxygen atoms in total. The second-order valence-electron chi connectivity index (χ2n) is 6.03. The highest BCUT2D eigenvalue weighted by atomic mass is 32.2. The standard InChI is InChI=1S/C8H11N3O2S.C7H8O3S/c12-14(13)3-1-2-8-6-4-9-5-7(6)10-11(8)14;1-6-2-4-7(5-3-6)11(8,9)10/h9H,1-5H2;2-5H,1H3,(H,8,9,10). The van der Waals surface area contributed by atoms with Gasteiger partial charge in [0.15, 0.2) is 0 Å². The molecule has 0 atom stereocenters. The maximum atomic E-state index is 11.7. The van der Waals surface area contributed by atoms with Gasteiger partial charge in [-0.1, -0.05) is 17.7 Å². The van der Waals surface area contributed by atoms with Gasteiger partial charge in [0.1, 0.15) is 0 Å². The summed E-state index contributed by atoms with van der Waals surface area (Å²) >= 11 is 0. The van der Waals surface area contributed by atoms with Crippen LogP contribution in [0.25, 0.3) is 0 Å². The molecule has 3 heterocycles. The fourth-order valence-electron chi connectivity index (χ4n) is 2.86. The normalized spacial score (nSPS) is 18.0. The fraction of sp³-hybridized carbons (Fsp3) is 0.400. The van der Waals surface area contributed by atoms with E-state index in [0.717, 1.165) is 41.9 Å². The zero-order valence-corrected chi connectivity index (χ0v) is 15.3. The van der Waals surface area contributed by atoms with Crippen LogP contribution in [0.2, 0.25) is 0 Å². The van der Waals surface area contributed by atoms with Crippen LogP contribution in [0.5, 0.6) is 0 Å². The van der Waals surface area contributed by atoms with Gasteiger partial charge in [0.2, 0.25) is 0 Å². The summed E-state index contributed by atoms with van der Waals surface area (Å²) in [6, 6.07) is 5.99. The molecule has 1 aromatic carbocycles. The van der Waals surface area contributed by atoms with Gasteiger partial charge in [-0.3, -0.25) is 4.55 Å². The third-order valence-corrected chi connectivity index (χ3v) is 6.63. The number of hydrogen-bond donors (Lipinski definition) is 2. The van der Waals surface area contributed by atoms with Gasteiger partial charge < -0.3 is 5.32 Å². The van der Waals surface area contributed by atoms with Crippen LogP contribution in [0, 0.1) is 6.92 Å². The summed E-state index contributed by atoms with van der Waals surface area (Å²) < 4.78 is 54.1. The van der Waals surface area contributed by atoms with Gasteiger partial charge in [0.05, 0.1) is 22.0 Å². The van der Waals surface area contributed by atoms with Gasteiger partial charge in [-0.05, 0) is 31.9 Å². The molecule has 2 aliphatic heterocycles. The van der Waals surface area contributed by atoms with Gasteiger partial charge in [0, 0.05) is 18.7 Å². The lowest BCUT2D eigenvalue weighted by atomic mass is 10.1. The summed E-state index contributed by atoms with van der Waals surface area (Å²) in [4.78, 5) is -0.0666. The molecule has 0 saturated carbocycles. The molecule has 10 heteroatoms. The van der Waals surface area contributed by atoms with Crippen LogP contribution < -0.4 is 5.32 Å². The minimum absolute atomic E-state index is 0.0666. The topological polar surface area (TPSA) is 118 Å². The van der Waals surface area contributed by atoms with E-state index >= 15 is 0 Å². The summed E-state index contributed by atoms with van der Waals surface area (Å²) in [5.74, 6) is 0.230. The number of fused-ring (bicyclic) bond motifs is 3. The number of aromatic nitrogens is 2. The van der Waals surface area contributed by atoms with Gasteiger partial charge in [0.25, 0.3) is 20.1 Å². The average molecular weight is 385 g/mol. The molecule has 2 aromatic rings. The van der Waals surface area contributed by atoms with E-state index in [4.69, 9.17) is 4.55 Å². The lowest BCUT2D eigenvalue weighted by molar-refractivity contribution is 0.483. The van der Waals surface area contributed by atoms with Crippen LogP contribution in [0.1, 0.15) is 28.9 Å². The van der Waals surface area contributed by atoms with Crippen molar-refractivity contribution in [2.45, 2.75) is 37.8 Å². The Kier molecular flexibility index (Phi) is 4.71. The van der Waals surface area contributed by atoms with E-state index in [-0.39, 0.29) is 10.6 Å². The molecular weight excluding hydrogens is 366 g/mol. The third-order valence-electron chi connectivity index (χ3n) is 4.13. The smallest absolute Gasteiger partial charge is 0.294 e. The highest BCUT2D eigenvalue weighted by Crippen LogP contribution is 2.25. The number of nitrogens with zero attached hydrogens (tertiary/aromatic N) is 2. The fourth-order valence-corrected chi connectivity index (χ4v) is 4.78. The van der Waals surface area contributed by atoms with E-state index < -0.39 is 20.1 Å². The largest absolute Gasteiger partial charge is 0.307 e. The number of hydrogen-bond acceptors (Lipinski definition) is 6. The molecule has 2 aliphatic rings. The molecule has 0 bridgehead atoms. The second-order valence-corrected chi connectivity index (χ2v) is 9.37. The Morgan fingerprint density at radius 3 is 2.52 bits per heavy atom. The zero-order chi connectivity index (χ0) is 18.2. The summed E-state index contributed by atoms with van der Waals surface area (Å²) in [5, 5.41) is 7.32. The van der Waals surface area contributed by atoms with E-state index in [1.165, 1.54) is 16.2 Å². The van der Waals surface area contributed by atoms with Crippen LogP contribution >= 0.6 is 0 Å². The molecular formula is C15H19N3O5S2. The van der Waals surface area contributed by atoms with Crippen molar-refractivity contribution in [2.24, 2.45) is 0 Å². The number of benzene rings is 1. The molecule has 2 N–H and O–H groups in total. The summed E-state index contributed by atoms with van der Waals surface area (Å²) in [6.45, 7) is 3.30. The van der Waals surface area contributed by atoms with Crippen molar-refractivity contribution in [3.05, 3.63) is 46.8 Å². The molecule has 0 radical (unpaired) electrons. The Morgan fingerprint density at radius 2 is 1.88 bits per heavy atom. The van der Waals surface area contributed by atoms with E-state index in [2.05, 4.69) is 10.4 Å². The van der Waals surface area contributed by atoms with E-state index in [9.17, 15) is 16.8 Å². The molecule has 0 fully saturated rings. The average Bonchev–Trinajstić information content (AvgIpc) is 3.09. The molecule has 0 saturated heterocycles. The van der Waals surface area contributed by atoms with Crippen molar-refractivity contribution >= 4 is 20.1 Å². The first-order valence-electron chi connectivity index (χ1n) is 7.76. The van der Waals surface area contributed by atoms with Crippen molar-refractivity contribution in [1.82, 2.24) is 14.5 Å². The Bertz CT molecular complexity index is 993. The Balaban J connectivity index is 0.000000151. The molecule has 25 heavy (non-hydrogen) atoms. The van der Waals surface area contributed by atoms with E-state index in [0.29, 0.717) is 6.54 Å². The molecule has 0 unspecified atom stereocenters. The highest BCUT2D eigenvalue weighted by Gasteiger charge is 2.30. The monoisotopic (exact) mass is 385 g/mol. The van der Waals surface area contributed by atoms with E-state index in [1.54, 1.807) is 12.1 Å². The molecule has 136 valence electrons. The molecule has 4 rings (SSSR count). The van der Waals surface area contributed by atoms with Crippen LogP contribution in [-0.4, -0.2) is 36.3 Å². The maximum Gasteiger partial charge on any atom is 0.294 e. The first-order valence-corrected chi connectivity index (χ1v) is 10.8. The van der Waals surface area contributed by atoms with Crippen LogP contribution in [-0.2, 0) is 39.7 Å². The summed E-state index contributed by atoms with van der Waals surface area (Å²) in [7, 11) is -7.16. The van der Waals surface area contributed by atoms with Crippen molar-refractivity contribution in [3.63, 3.8) is 0 Å². The number of nitrogens with one attached hydrogen (secondary N) is 1. The van der Waals surface area contributed by atoms with Gasteiger partial charge in [-0.25, -0.2) is 8.42 Å². The third kappa shape index (κ3) is 3.76. The minimum Gasteiger partial charge on any atom is -0.307 e. The number of rotatable bonds is 1. The zero-order valence-electron chi connectivity index (χ0n) is 13.6. The molecule has 0 aliphatic carbocycles. The lowest BCUT2D eigenvalue weighted by Crippen LogP contribution is -2.26. The first-order chi connectivity index (χ1) is 11.7. The first kappa shape index (κ1) is 18.1. The predicted molar refractivity (Wildman–Crippen MR) is 91.3 cm³/mol. The van der Waals surface area contributed by atoms with E-state index in [1.807, 2.05) is 6.92 Å². The van der Waals surface area contributed by atoms with Crippen molar-refractivity contribution in [3.8, 4) is 0 Å². The van der Waals surface area contributed by atoms with Crippen LogP contribution in [0.3, 0.4) is 0 Å². The van der Waals surface area contributed by atoms with Crippen LogP contribution in [0.4, 0.5) is 0 Å². The van der Waals surface area contributed by atoms with Crippen molar-refractivity contribution < 1.29 is 21.4 Å². The van der Waals surface area contributed by atoms with Gasteiger partial charge >= 0.3 is 0 Å². The van der Waals surface area contributed by atoms with Crippen molar-refractivity contribution in [2.75, 3.05) is 5.75 Å². The quantitative estimate of drug-likeness (QED) is 0.699. The van der Waals surface area contributed by atoms with Crippen molar-refractivity contribution in [1.29, 1.82) is 0 Å². The Morgan fingerprint density at radius 1 is 1.20 bits per heavy atom. The lowest BCUT2D eigenvalue weighted by Gasteiger charge is -2.14. The number of aryl methyl sites for hydroxylation is 1. The molecule has 0 amide bonds. The summed E-state index contributed by atoms with van der Waals surface area (Å²) in [5.41, 5.74) is 3.87. The maximum absolute atomic E-state index is 11.7. The Hall–Kier alpha value is -1.75. The summed E-state index contributed by atoms with van der Waals surface area (Å²) in [6.07, 6.45) is 1.56. The SMILES string of the molecule is Cc1ccc(S(=O)(=O)O)cc1.O=S1(=O)CCCc2c3c(nn21)CNC3. The predicted octanol–water partition coefficient (Wildman–Crippen LogP) is 0.852. The second kappa shape index (κ2) is 6.52. The molecule has 0 spiro atoms. The highest BCUT2D eigenvalue weighted by molar-refractivity contribution is 7.89.